The monoisotopic (exact) mass is 580 g/mol. The molecule has 4 aromatic heterocycles. The van der Waals surface area contributed by atoms with Gasteiger partial charge in [-0.25, -0.2) is 19.4 Å². The molecule has 198 valence electrons. The number of nitrogens with zero attached hydrogens (tertiary/aromatic N) is 6. The average molecular weight is 581 g/mol. The molecule has 0 saturated heterocycles. The molecule has 0 aliphatic rings. The topological polar surface area (TPSA) is 166 Å². The van der Waals surface area contributed by atoms with Gasteiger partial charge in [0.05, 0.1) is 31.4 Å². The molecule has 4 aromatic rings. The maximum atomic E-state index is 12.7. The third-order valence-electron chi connectivity index (χ3n) is 5.17. The lowest BCUT2D eigenvalue weighted by molar-refractivity contribution is 0.0504. The van der Waals surface area contributed by atoms with Gasteiger partial charge >= 0.3 is 17.6 Å². The number of carbonyl (C=O) groups is 2. The number of esters is 2. The van der Waals surface area contributed by atoms with Crippen LogP contribution in [0.1, 0.15) is 51.9 Å². The van der Waals surface area contributed by atoms with E-state index < -0.39 is 23.2 Å². The highest BCUT2D eigenvalue weighted by atomic mass is 79.9. The molecule has 0 unspecified atom stereocenters. The first-order valence-corrected chi connectivity index (χ1v) is 12.2. The number of hydrogen-bond donors (Lipinski definition) is 0. The molecular weight excluding hydrogens is 556 g/mol. The molecule has 4 heterocycles. The van der Waals surface area contributed by atoms with E-state index in [2.05, 4.69) is 31.2 Å². The molecule has 4 rings (SSSR count). The first kappa shape index (κ1) is 27.6. The third-order valence-corrected chi connectivity index (χ3v) is 5.72. The van der Waals surface area contributed by atoms with Gasteiger partial charge in [0, 0.05) is 25.7 Å². The molecule has 0 saturated carbocycles. The van der Waals surface area contributed by atoms with Gasteiger partial charge in [0.1, 0.15) is 5.76 Å². The maximum Gasteiger partial charge on any atom is 0.360 e. The van der Waals surface area contributed by atoms with E-state index in [-0.39, 0.29) is 30.3 Å². The lowest BCUT2D eigenvalue weighted by atomic mass is 10.2. The van der Waals surface area contributed by atoms with Gasteiger partial charge < -0.3 is 23.1 Å². The third kappa shape index (κ3) is 5.71. The van der Waals surface area contributed by atoms with Crippen LogP contribution >= 0.6 is 15.9 Å². The van der Waals surface area contributed by atoms with E-state index in [1.54, 1.807) is 38.5 Å². The van der Waals surface area contributed by atoms with Crippen molar-refractivity contribution in [1.82, 2.24) is 29.0 Å². The number of imidazole rings is 1. The molecular formula is C22H25BrN6O8. The standard InChI is InChI=1S/C15H17N5O5.C7H8BrNO3/c1-5-24-14(22)10-8(2)9(25-17-10)6-20-13(21)11-12(16-7-18(11)3)19(4)15(20)23;1-2-11-7(10)6-3-5(4-8)12-9-6/h7H,5-6H2,1-4H3;3H,2,4H2,1H3. The van der Waals surface area contributed by atoms with Crippen LogP contribution in [0, 0.1) is 6.92 Å². The van der Waals surface area contributed by atoms with Crippen molar-refractivity contribution in [1.29, 1.82) is 0 Å². The summed E-state index contributed by atoms with van der Waals surface area (Å²) in [6.45, 7) is 5.44. The van der Waals surface area contributed by atoms with Crippen molar-refractivity contribution in [2.45, 2.75) is 32.6 Å². The van der Waals surface area contributed by atoms with E-state index >= 15 is 0 Å². The van der Waals surface area contributed by atoms with Crippen molar-refractivity contribution in [3.05, 3.63) is 61.7 Å². The second-order valence-electron chi connectivity index (χ2n) is 7.59. The zero-order chi connectivity index (χ0) is 27.3. The highest BCUT2D eigenvalue weighted by Crippen LogP contribution is 2.15. The second kappa shape index (κ2) is 11.8. The summed E-state index contributed by atoms with van der Waals surface area (Å²) in [5.41, 5.74) is 0.239. The fourth-order valence-corrected chi connectivity index (χ4v) is 3.53. The molecule has 37 heavy (non-hydrogen) atoms. The predicted molar refractivity (Wildman–Crippen MR) is 132 cm³/mol. The van der Waals surface area contributed by atoms with Crippen molar-refractivity contribution in [3.8, 4) is 0 Å². The number of alkyl halides is 1. The van der Waals surface area contributed by atoms with Crippen molar-refractivity contribution >= 4 is 39.0 Å². The van der Waals surface area contributed by atoms with Crippen LogP contribution in [-0.2, 0) is 35.4 Å². The molecule has 0 fully saturated rings. The summed E-state index contributed by atoms with van der Waals surface area (Å²) >= 11 is 3.17. The van der Waals surface area contributed by atoms with E-state index in [0.717, 1.165) is 4.57 Å². The zero-order valence-corrected chi connectivity index (χ0v) is 22.4. The van der Waals surface area contributed by atoms with E-state index in [1.807, 2.05) is 0 Å². The molecule has 0 spiro atoms. The van der Waals surface area contributed by atoms with Gasteiger partial charge in [0.15, 0.2) is 28.3 Å². The molecule has 0 amide bonds. The first-order chi connectivity index (χ1) is 17.6. The highest BCUT2D eigenvalue weighted by Gasteiger charge is 2.22. The number of halogens is 1. The molecule has 0 bridgehead atoms. The lowest BCUT2D eigenvalue weighted by Gasteiger charge is -2.07. The Kier molecular flexibility index (Phi) is 8.81. The van der Waals surface area contributed by atoms with Crippen molar-refractivity contribution in [2.24, 2.45) is 14.1 Å². The highest BCUT2D eigenvalue weighted by molar-refractivity contribution is 9.08. The number of aryl methyl sites for hydroxylation is 2. The average Bonchev–Trinajstić information content (AvgIpc) is 3.60. The van der Waals surface area contributed by atoms with Gasteiger partial charge in [-0.15, -0.1) is 0 Å². The van der Waals surface area contributed by atoms with E-state index in [4.69, 9.17) is 18.5 Å². The number of ether oxygens (including phenoxy) is 2. The predicted octanol–water partition coefficient (Wildman–Crippen LogP) is 1.70. The SMILES string of the molecule is CCOC(=O)c1cc(CBr)on1.CCOC(=O)c1noc(Cn2c(=O)c3c(ncn3C)n(C)c2=O)c1C. The molecule has 0 radical (unpaired) electrons. The Morgan fingerprint density at radius 1 is 1.05 bits per heavy atom. The molecule has 0 aliphatic heterocycles. The van der Waals surface area contributed by atoms with Gasteiger partial charge in [0.2, 0.25) is 0 Å². The van der Waals surface area contributed by atoms with Crippen molar-refractivity contribution in [3.63, 3.8) is 0 Å². The van der Waals surface area contributed by atoms with Crippen LogP contribution in [0.2, 0.25) is 0 Å². The summed E-state index contributed by atoms with van der Waals surface area (Å²) in [5, 5.41) is 7.76. The van der Waals surface area contributed by atoms with Crippen LogP contribution in [0.15, 0.2) is 31.0 Å². The summed E-state index contributed by atoms with van der Waals surface area (Å²) in [5.74, 6) is -0.215. The fraction of sp³-hybridized carbons (Fsp3) is 0.409. The van der Waals surface area contributed by atoms with Gasteiger partial charge in [-0.3, -0.25) is 13.9 Å². The van der Waals surface area contributed by atoms with Gasteiger partial charge in [-0.05, 0) is 20.8 Å². The lowest BCUT2D eigenvalue weighted by Crippen LogP contribution is -2.39. The maximum absolute atomic E-state index is 12.7. The van der Waals surface area contributed by atoms with Crippen molar-refractivity contribution in [2.75, 3.05) is 13.2 Å². The number of fused-ring (bicyclic) bond motifs is 1. The summed E-state index contributed by atoms with van der Waals surface area (Å²) < 4.78 is 23.4. The Morgan fingerprint density at radius 3 is 2.35 bits per heavy atom. The Bertz CT molecular complexity index is 1540. The van der Waals surface area contributed by atoms with Gasteiger partial charge in [-0.2, -0.15) is 0 Å². The van der Waals surface area contributed by atoms with Crippen LogP contribution < -0.4 is 11.2 Å². The van der Waals surface area contributed by atoms with Crippen LogP contribution in [-0.4, -0.2) is 54.2 Å². The Balaban J connectivity index is 0.000000266. The van der Waals surface area contributed by atoms with Crippen LogP contribution in [0.3, 0.4) is 0 Å². The largest absolute Gasteiger partial charge is 0.461 e. The van der Waals surface area contributed by atoms with Crippen LogP contribution in [0.4, 0.5) is 0 Å². The summed E-state index contributed by atoms with van der Waals surface area (Å²) in [6.07, 6.45) is 1.47. The second-order valence-corrected chi connectivity index (χ2v) is 8.15. The van der Waals surface area contributed by atoms with E-state index in [9.17, 15) is 19.2 Å². The van der Waals surface area contributed by atoms with Crippen molar-refractivity contribution < 1.29 is 28.1 Å². The Morgan fingerprint density at radius 2 is 1.73 bits per heavy atom. The number of aromatic nitrogens is 6. The van der Waals surface area contributed by atoms with Gasteiger partial charge in [-0.1, -0.05) is 26.2 Å². The molecule has 15 heteroatoms. The van der Waals surface area contributed by atoms with E-state index in [1.165, 1.54) is 17.9 Å². The summed E-state index contributed by atoms with van der Waals surface area (Å²) in [4.78, 5) is 52.1. The number of hydrogen-bond acceptors (Lipinski definition) is 11. The molecule has 0 aliphatic carbocycles. The molecule has 0 atom stereocenters. The molecule has 0 N–H and O–H groups in total. The van der Waals surface area contributed by atoms with Crippen LogP contribution in [0.5, 0.6) is 0 Å². The Hall–Kier alpha value is -4.01. The smallest absolute Gasteiger partial charge is 0.360 e. The first-order valence-electron chi connectivity index (χ1n) is 11.1. The summed E-state index contributed by atoms with van der Waals surface area (Å²) in [6, 6.07) is 1.55. The normalized spacial score (nSPS) is 10.8. The minimum absolute atomic E-state index is 0.0309. The van der Waals surface area contributed by atoms with Crippen LogP contribution in [0.25, 0.3) is 11.2 Å². The molecule has 14 nitrogen and oxygen atoms in total. The Labute approximate surface area is 217 Å². The quantitative estimate of drug-likeness (QED) is 0.230. The number of rotatable bonds is 7. The molecule has 0 aromatic carbocycles. The minimum atomic E-state index is -0.614. The number of carbonyl (C=O) groups excluding carboxylic acids is 2. The zero-order valence-electron chi connectivity index (χ0n) is 20.8. The minimum Gasteiger partial charge on any atom is -0.461 e. The fourth-order valence-electron chi connectivity index (χ4n) is 3.26. The van der Waals surface area contributed by atoms with E-state index in [0.29, 0.717) is 34.4 Å². The van der Waals surface area contributed by atoms with Gasteiger partial charge in [0.25, 0.3) is 5.56 Å². The summed E-state index contributed by atoms with van der Waals surface area (Å²) in [7, 11) is 3.20.